The summed E-state index contributed by atoms with van der Waals surface area (Å²) in [6.45, 7) is 5.10. The first-order chi connectivity index (χ1) is 15.6. The molecule has 1 N–H and O–H groups in total. The molecule has 0 radical (unpaired) electrons. The molecule has 0 unspecified atom stereocenters. The van der Waals surface area contributed by atoms with Crippen LogP contribution in [0, 0.1) is 6.92 Å². The quantitative estimate of drug-likeness (QED) is 0.576. The highest BCUT2D eigenvalue weighted by atomic mass is 16.2. The lowest BCUT2D eigenvalue weighted by atomic mass is 9.86. The Hall–Kier alpha value is -3.08. The van der Waals surface area contributed by atoms with Crippen LogP contribution in [0.4, 0.5) is 0 Å². The van der Waals surface area contributed by atoms with Crippen molar-refractivity contribution in [1.82, 2.24) is 14.8 Å². The van der Waals surface area contributed by atoms with E-state index in [1.54, 1.807) is 4.90 Å². The van der Waals surface area contributed by atoms with E-state index in [-0.39, 0.29) is 24.4 Å². The molecule has 0 saturated carbocycles. The van der Waals surface area contributed by atoms with Gasteiger partial charge in [0.2, 0.25) is 11.8 Å². The van der Waals surface area contributed by atoms with E-state index in [4.69, 9.17) is 0 Å². The molecule has 5 nitrogen and oxygen atoms in total. The van der Waals surface area contributed by atoms with Crippen LogP contribution < -0.4 is 0 Å². The van der Waals surface area contributed by atoms with Gasteiger partial charge < -0.3 is 14.8 Å². The minimum Gasteiger partial charge on any atom is -0.356 e. The summed E-state index contributed by atoms with van der Waals surface area (Å²) in [6, 6.07) is 15.8. The third-order valence-electron chi connectivity index (χ3n) is 6.98. The van der Waals surface area contributed by atoms with Gasteiger partial charge in [-0.2, -0.15) is 0 Å². The summed E-state index contributed by atoms with van der Waals surface area (Å²) in [5.74, 6) is 0.135. The largest absolute Gasteiger partial charge is 0.356 e. The number of H-pyrrole nitrogens is 1. The Labute approximate surface area is 189 Å². The van der Waals surface area contributed by atoms with E-state index < -0.39 is 6.04 Å². The van der Waals surface area contributed by atoms with Crippen LogP contribution in [0.15, 0.2) is 48.5 Å². The molecule has 2 aromatic carbocycles. The zero-order chi connectivity index (χ0) is 22.2. The van der Waals surface area contributed by atoms with E-state index in [2.05, 4.69) is 49.2 Å². The molecule has 3 aromatic rings. The summed E-state index contributed by atoms with van der Waals surface area (Å²) in [6.07, 6.45) is 4.95. The summed E-state index contributed by atoms with van der Waals surface area (Å²) in [4.78, 5) is 34.3. The van der Waals surface area contributed by atoms with Crippen molar-refractivity contribution in [2.24, 2.45) is 0 Å². The molecule has 2 amide bonds. The smallest absolute Gasteiger partial charge is 0.246 e. The van der Waals surface area contributed by atoms with E-state index >= 15 is 0 Å². The second-order valence-electron chi connectivity index (χ2n) is 9.22. The molecule has 3 heterocycles. The van der Waals surface area contributed by atoms with Crippen LogP contribution in [0.1, 0.15) is 61.0 Å². The highest BCUT2D eigenvalue weighted by molar-refractivity contribution is 5.97. The number of hydrogen-bond donors (Lipinski definition) is 1. The third kappa shape index (κ3) is 3.50. The van der Waals surface area contributed by atoms with Gasteiger partial charge in [0.05, 0.1) is 12.6 Å². The SMILES string of the molecule is CCCCCCN1CC(=O)N2[C@@H](c3cccc(C)c3)c3[nH]c4ccccc4c3C[C@H]2C1=O. The van der Waals surface area contributed by atoms with Gasteiger partial charge >= 0.3 is 0 Å². The minimum absolute atomic E-state index is 0.0425. The number of amides is 2. The molecule has 2 aliphatic heterocycles. The van der Waals surface area contributed by atoms with Crippen molar-refractivity contribution in [3.8, 4) is 0 Å². The van der Waals surface area contributed by atoms with Gasteiger partial charge in [0.15, 0.2) is 0 Å². The number of piperazine rings is 1. The lowest BCUT2D eigenvalue weighted by Gasteiger charge is -2.47. The fourth-order valence-corrected chi connectivity index (χ4v) is 5.43. The summed E-state index contributed by atoms with van der Waals surface area (Å²) < 4.78 is 0. The van der Waals surface area contributed by atoms with Gasteiger partial charge in [-0.1, -0.05) is 74.2 Å². The van der Waals surface area contributed by atoms with Gasteiger partial charge in [0, 0.05) is 29.6 Å². The number of nitrogens with one attached hydrogen (secondary N) is 1. The number of fused-ring (bicyclic) bond motifs is 4. The average Bonchev–Trinajstić information content (AvgIpc) is 3.17. The molecule has 2 aliphatic rings. The van der Waals surface area contributed by atoms with Crippen molar-refractivity contribution in [2.45, 2.75) is 58.0 Å². The monoisotopic (exact) mass is 429 g/mol. The fraction of sp³-hybridized carbons (Fsp3) is 0.407. The summed E-state index contributed by atoms with van der Waals surface area (Å²) in [5.41, 5.74) is 5.48. The standard InChI is InChI=1S/C27H31N3O2/c1-3-4-5-8-14-29-17-24(31)30-23(27(29)32)16-21-20-12-6-7-13-22(20)28-25(21)26(30)19-11-9-10-18(2)15-19/h6-7,9-13,15,23,26,28H,3-5,8,14,16-17H2,1-2H3/t23-,26-/m0/s1. The first kappa shape index (κ1) is 20.8. The minimum atomic E-state index is -0.445. The van der Waals surface area contributed by atoms with E-state index in [1.807, 2.05) is 23.1 Å². The number of unbranched alkanes of at least 4 members (excludes halogenated alkanes) is 3. The molecule has 32 heavy (non-hydrogen) atoms. The molecular formula is C27H31N3O2. The van der Waals surface area contributed by atoms with Crippen molar-refractivity contribution in [3.63, 3.8) is 0 Å². The molecular weight excluding hydrogens is 398 g/mol. The Kier molecular flexibility index (Phi) is 5.50. The Balaban J connectivity index is 1.57. The van der Waals surface area contributed by atoms with E-state index in [0.717, 1.165) is 47.0 Å². The summed E-state index contributed by atoms with van der Waals surface area (Å²) >= 11 is 0. The highest BCUT2D eigenvalue weighted by Gasteiger charge is 2.48. The Bertz CT molecular complexity index is 1160. The number of para-hydroxylation sites is 1. The molecule has 1 aromatic heterocycles. The normalized spacial score (nSPS) is 20.6. The van der Waals surface area contributed by atoms with E-state index in [1.165, 1.54) is 12.0 Å². The number of aryl methyl sites for hydroxylation is 1. The maximum absolute atomic E-state index is 13.6. The van der Waals surface area contributed by atoms with Gasteiger partial charge in [-0.15, -0.1) is 0 Å². The van der Waals surface area contributed by atoms with E-state index in [0.29, 0.717) is 13.0 Å². The second-order valence-corrected chi connectivity index (χ2v) is 9.22. The van der Waals surface area contributed by atoms with Crippen molar-refractivity contribution in [2.75, 3.05) is 13.1 Å². The third-order valence-corrected chi connectivity index (χ3v) is 6.98. The average molecular weight is 430 g/mol. The number of rotatable bonds is 6. The van der Waals surface area contributed by atoms with Crippen molar-refractivity contribution >= 4 is 22.7 Å². The number of aromatic amines is 1. The number of aromatic nitrogens is 1. The summed E-state index contributed by atoms with van der Waals surface area (Å²) in [5, 5.41) is 1.15. The van der Waals surface area contributed by atoms with Crippen LogP contribution in [0.25, 0.3) is 10.9 Å². The molecule has 1 saturated heterocycles. The van der Waals surface area contributed by atoms with Gasteiger partial charge in [-0.25, -0.2) is 0 Å². The van der Waals surface area contributed by atoms with E-state index in [9.17, 15) is 9.59 Å². The van der Waals surface area contributed by atoms with Crippen molar-refractivity contribution in [1.29, 1.82) is 0 Å². The Morgan fingerprint density at radius 3 is 2.69 bits per heavy atom. The number of nitrogens with zero attached hydrogens (tertiary/aromatic N) is 2. The lowest BCUT2D eigenvalue weighted by molar-refractivity contribution is -0.158. The van der Waals surface area contributed by atoms with Crippen molar-refractivity contribution < 1.29 is 9.59 Å². The van der Waals surface area contributed by atoms with Gasteiger partial charge in [0.1, 0.15) is 6.04 Å². The van der Waals surface area contributed by atoms with Gasteiger partial charge in [-0.05, 0) is 30.5 Å². The first-order valence-corrected chi connectivity index (χ1v) is 11.8. The number of benzene rings is 2. The molecule has 5 heteroatoms. The topological polar surface area (TPSA) is 56.4 Å². The molecule has 0 aliphatic carbocycles. The van der Waals surface area contributed by atoms with Crippen LogP contribution in [0.3, 0.4) is 0 Å². The van der Waals surface area contributed by atoms with Crippen LogP contribution in [0.2, 0.25) is 0 Å². The molecule has 0 bridgehead atoms. The first-order valence-electron chi connectivity index (χ1n) is 11.8. The number of carbonyl (C=O) groups is 2. The predicted octanol–water partition coefficient (Wildman–Crippen LogP) is 4.74. The second kappa shape index (κ2) is 8.45. The van der Waals surface area contributed by atoms with Crippen LogP contribution in [0.5, 0.6) is 0 Å². The molecule has 2 atom stereocenters. The summed E-state index contributed by atoms with van der Waals surface area (Å²) in [7, 11) is 0. The fourth-order valence-electron chi connectivity index (χ4n) is 5.43. The number of carbonyl (C=O) groups excluding carboxylic acids is 2. The van der Waals surface area contributed by atoms with Crippen molar-refractivity contribution in [3.05, 3.63) is 70.9 Å². The van der Waals surface area contributed by atoms with Gasteiger partial charge in [0.25, 0.3) is 0 Å². The van der Waals surface area contributed by atoms with Crippen LogP contribution in [-0.4, -0.2) is 45.7 Å². The molecule has 0 spiro atoms. The Morgan fingerprint density at radius 1 is 1.03 bits per heavy atom. The van der Waals surface area contributed by atoms with Crippen LogP contribution >= 0.6 is 0 Å². The maximum Gasteiger partial charge on any atom is 0.246 e. The number of hydrogen-bond acceptors (Lipinski definition) is 2. The highest BCUT2D eigenvalue weighted by Crippen LogP contribution is 2.42. The Morgan fingerprint density at radius 2 is 1.88 bits per heavy atom. The van der Waals surface area contributed by atoms with Gasteiger partial charge in [-0.3, -0.25) is 9.59 Å². The lowest BCUT2D eigenvalue weighted by Crippen LogP contribution is -2.63. The molecule has 1 fully saturated rings. The van der Waals surface area contributed by atoms with Crippen LogP contribution in [-0.2, 0) is 16.0 Å². The molecule has 5 rings (SSSR count). The predicted molar refractivity (Wildman–Crippen MR) is 126 cm³/mol. The maximum atomic E-state index is 13.6. The zero-order valence-electron chi connectivity index (χ0n) is 18.9. The molecule has 166 valence electrons. The zero-order valence-corrected chi connectivity index (χ0v) is 18.9.